The normalized spacial score (nSPS) is 17.5. The predicted octanol–water partition coefficient (Wildman–Crippen LogP) is 1.56. The molecular weight excluding hydrogens is 240 g/mol. The average Bonchev–Trinajstić information content (AvgIpc) is 2.41. The maximum atomic E-state index is 10.9. The molecule has 1 heterocycles. The van der Waals surface area contributed by atoms with E-state index in [0.717, 1.165) is 51.1 Å². The first kappa shape index (κ1) is 14.0. The molecule has 0 saturated carbocycles. The summed E-state index contributed by atoms with van der Waals surface area (Å²) in [5.41, 5.74) is 1.51. The minimum atomic E-state index is -0.846. The van der Waals surface area contributed by atoms with Gasteiger partial charge in [-0.3, -0.25) is 0 Å². The topological polar surface area (TPSA) is 43.8 Å². The number of likely N-dealkylation sites (N-methyl/N-ethyl adjacent to an activating group) is 1. The lowest BCUT2D eigenvalue weighted by molar-refractivity contribution is 0.0696. The lowest BCUT2D eigenvalue weighted by atomic mass is 10.1. The van der Waals surface area contributed by atoms with Gasteiger partial charge in [0.2, 0.25) is 0 Å². The van der Waals surface area contributed by atoms with Crippen molar-refractivity contribution < 1.29 is 9.90 Å². The number of hydrogen-bond acceptors (Lipinski definition) is 3. The number of nitrogens with zero attached hydrogens (tertiary/aromatic N) is 2. The molecule has 0 atom stereocenters. The molecule has 0 spiro atoms. The molecule has 19 heavy (non-hydrogen) atoms. The monoisotopic (exact) mass is 262 g/mol. The summed E-state index contributed by atoms with van der Waals surface area (Å²) in [5, 5.41) is 8.95. The minimum Gasteiger partial charge on any atom is -0.478 e. The number of hydrogen-bond donors (Lipinski definition) is 1. The number of carbonyl (C=O) groups is 1. The van der Waals surface area contributed by atoms with Gasteiger partial charge in [-0.15, -0.1) is 0 Å². The summed E-state index contributed by atoms with van der Waals surface area (Å²) in [6.45, 7) is 5.69. The first-order valence-corrected chi connectivity index (χ1v) is 6.88. The Morgan fingerprint density at radius 1 is 1.26 bits per heavy atom. The van der Waals surface area contributed by atoms with Crippen LogP contribution in [0.1, 0.15) is 22.3 Å². The average molecular weight is 262 g/mol. The Balaban J connectivity index is 1.76. The number of aromatic carboxylic acids is 1. The molecule has 0 aromatic heterocycles. The fourth-order valence-electron chi connectivity index (χ4n) is 2.44. The van der Waals surface area contributed by atoms with E-state index in [4.69, 9.17) is 5.11 Å². The predicted molar refractivity (Wildman–Crippen MR) is 75.7 cm³/mol. The molecule has 0 aliphatic carbocycles. The van der Waals surface area contributed by atoms with E-state index < -0.39 is 5.97 Å². The second-order valence-corrected chi connectivity index (χ2v) is 5.25. The van der Waals surface area contributed by atoms with E-state index in [2.05, 4.69) is 16.8 Å². The van der Waals surface area contributed by atoms with E-state index >= 15 is 0 Å². The van der Waals surface area contributed by atoms with Crippen molar-refractivity contribution in [3.8, 4) is 0 Å². The lowest BCUT2D eigenvalue weighted by Gasteiger charge is -2.32. The molecule has 0 unspecified atom stereocenters. The van der Waals surface area contributed by atoms with Crippen LogP contribution in [0.4, 0.5) is 0 Å². The standard InChI is InChI=1S/C15H22N2O2/c1-16-8-10-17(11-9-16)7-3-5-13-4-2-6-14(12-13)15(18)19/h2,4,6,12H,3,5,7-11H2,1H3,(H,18,19). The highest BCUT2D eigenvalue weighted by molar-refractivity contribution is 5.87. The van der Waals surface area contributed by atoms with Crippen LogP contribution in [0, 0.1) is 0 Å². The molecule has 4 heteroatoms. The molecule has 1 N–H and O–H groups in total. The highest BCUT2D eigenvalue weighted by Crippen LogP contribution is 2.09. The number of carboxylic acids is 1. The van der Waals surface area contributed by atoms with Gasteiger partial charge in [0.25, 0.3) is 0 Å². The van der Waals surface area contributed by atoms with Crippen molar-refractivity contribution in [2.45, 2.75) is 12.8 Å². The van der Waals surface area contributed by atoms with Gasteiger partial charge in [-0.2, -0.15) is 0 Å². The van der Waals surface area contributed by atoms with Crippen LogP contribution in [0.15, 0.2) is 24.3 Å². The summed E-state index contributed by atoms with van der Waals surface area (Å²) in [6.07, 6.45) is 2.04. The van der Waals surface area contributed by atoms with Crippen LogP contribution >= 0.6 is 0 Å². The lowest BCUT2D eigenvalue weighted by Crippen LogP contribution is -2.44. The quantitative estimate of drug-likeness (QED) is 0.874. The Morgan fingerprint density at radius 2 is 2.00 bits per heavy atom. The fourth-order valence-corrected chi connectivity index (χ4v) is 2.44. The van der Waals surface area contributed by atoms with E-state index in [9.17, 15) is 4.79 Å². The molecule has 4 nitrogen and oxygen atoms in total. The number of rotatable bonds is 5. The molecule has 1 aromatic rings. The van der Waals surface area contributed by atoms with E-state index in [0.29, 0.717) is 5.56 Å². The fraction of sp³-hybridized carbons (Fsp3) is 0.533. The molecule has 0 radical (unpaired) electrons. The van der Waals surface area contributed by atoms with E-state index in [1.807, 2.05) is 12.1 Å². The molecule has 1 saturated heterocycles. The van der Waals surface area contributed by atoms with Gasteiger partial charge in [-0.1, -0.05) is 12.1 Å². The van der Waals surface area contributed by atoms with Gasteiger partial charge in [0.15, 0.2) is 0 Å². The third-order valence-corrected chi connectivity index (χ3v) is 3.71. The van der Waals surface area contributed by atoms with Crippen LogP contribution in [0.25, 0.3) is 0 Å². The summed E-state index contributed by atoms with van der Waals surface area (Å²) in [6, 6.07) is 7.27. The van der Waals surface area contributed by atoms with Gasteiger partial charge in [-0.05, 0) is 44.1 Å². The molecule has 0 amide bonds. The van der Waals surface area contributed by atoms with Crippen LogP contribution < -0.4 is 0 Å². The van der Waals surface area contributed by atoms with Crippen molar-refractivity contribution in [3.05, 3.63) is 35.4 Å². The largest absolute Gasteiger partial charge is 0.478 e. The molecular formula is C15H22N2O2. The summed E-state index contributed by atoms with van der Waals surface area (Å²) in [4.78, 5) is 15.7. The first-order valence-electron chi connectivity index (χ1n) is 6.88. The van der Waals surface area contributed by atoms with Crippen molar-refractivity contribution in [2.75, 3.05) is 39.8 Å². The zero-order chi connectivity index (χ0) is 13.7. The number of aryl methyl sites for hydroxylation is 1. The van der Waals surface area contributed by atoms with Gasteiger partial charge in [0.1, 0.15) is 0 Å². The van der Waals surface area contributed by atoms with E-state index in [1.54, 1.807) is 12.1 Å². The third kappa shape index (κ3) is 4.33. The molecule has 1 aromatic carbocycles. The second-order valence-electron chi connectivity index (χ2n) is 5.25. The van der Waals surface area contributed by atoms with Gasteiger partial charge in [0.05, 0.1) is 5.56 Å². The van der Waals surface area contributed by atoms with E-state index in [1.165, 1.54) is 0 Å². The Morgan fingerprint density at radius 3 is 2.68 bits per heavy atom. The van der Waals surface area contributed by atoms with Crippen LogP contribution in [0.5, 0.6) is 0 Å². The molecule has 0 bridgehead atoms. The smallest absolute Gasteiger partial charge is 0.335 e. The van der Waals surface area contributed by atoms with Crippen molar-refractivity contribution >= 4 is 5.97 Å². The van der Waals surface area contributed by atoms with Gasteiger partial charge >= 0.3 is 5.97 Å². The maximum absolute atomic E-state index is 10.9. The van der Waals surface area contributed by atoms with Crippen molar-refractivity contribution in [1.29, 1.82) is 0 Å². The van der Waals surface area contributed by atoms with Crippen molar-refractivity contribution in [1.82, 2.24) is 9.80 Å². The first-order chi connectivity index (χ1) is 9.15. The van der Waals surface area contributed by atoms with Crippen LogP contribution in [0.2, 0.25) is 0 Å². The highest BCUT2D eigenvalue weighted by Gasteiger charge is 2.12. The van der Waals surface area contributed by atoms with Crippen molar-refractivity contribution in [3.63, 3.8) is 0 Å². The SMILES string of the molecule is CN1CCN(CCCc2cccc(C(=O)O)c2)CC1. The van der Waals surface area contributed by atoms with Crippen LogP contribution in [-0.4, -0.2) is 60.6 Å². The molecule has 1 fully saturated rings. The van der Waals surface area contributed by atoms with Crippen LogP contribution in [-0.2, 0) is 6.42 Å². The van der Waals surface area contributed by atoms with Gasteiger partial charge in [-0.25, -0.2) is 4.79 Å². The third-order valence-electron chi connectivity index (χ3n) is 3.71. The summed E-state index contributed by atoms with van der Waals surface area (Å²) < 4.78 is 0. The summed E-state index contributed by atoms with van der Waals surface area (Å²) in [7, 11) is 2.16. The zero-order valence-electron chi connectivity index (χ0n) is 11.5. The summed E-state index contributed by atoms with van der Waals surface area (Å²) in [5.74, 6) is -0.846. The Labute approximate surface area is 114 Å². The Hall–Kier alpha value is -1.39. The highest BCUT2D eigenvalue weighted by atomic mass is 16.4. The zero-order valence-corrected chi connectivity index (χ0v) is 11.5. The Bertz CT molecular complexity index is 426. The number of benzene rings is 1. The van der Waals surface area contributed by atoms with E-state index in [-0.39, 0.29) is 0 Å². The van der Waals surface area contributed by atoms with Crippen LogP contribution in [0.3, 0.4) is 0 Å². The Kier molecular flexibility index (Phi) is 4.93. The van der Waals surface area contributed by atoms with Crippen molar-refractivity contribution in [2.24, 2.45) is 0 Å². The second kappa shape index (κ2) is 6.68. The number of piperazine rings is 1. The molecule has 1 aliphatic rings. The van der Waals surface area contributed by atoms with Gasteiger partial charge in [0, 0.05) is 26.2 Å². The maximum Gasteiger partial charge on any atom is 0.335 e. The molecule has 1 aliphatic heterocycles. The minimum absolute atomic E-state index is 0.386. The number of carboxylic acid groups (broad SMARTS) is 1. The molecule has 2 rings (SSSR count). The molecule has 104 valence electrons. The summed E-state index contributed by atoms with van der Waals surface area (Å²) >= 11 is 0. The van der Waals surface area contributed by atoms with Gasteiger partial charge < -0.3 is 14.9 Å².